The summed E-state index contributed by atoms with van der Waals surface area (Å²) in [7, 11) is 0. The summed E-state index contributed by atoms with van der Waals surface area (Å²) in [6.07, 6.45) is 7.59. The van der Waals surface area contributed by atoms with Crippen LogP contribution >= 0.6 is 0 Å². The molecule has 5 aromatic rings. The quantitative estimate of drug-likeness (QED) is 0.227. The number of nitrogens with one attached hydrogen (secondary N) is 3. The Morgan fingerprint density at radius 1 is 1.03 bits per heavy atom. The van der Waals surface area contributed by atoms with Crippen LogP contribution in [0, 0.1) is 11.2 Å². The minimum Gasteiger partial charge on any atom is -0.358 e. The van der Waals surface area contributed by atoms with Crippen molar-refractivity contribution in [3.63, 3.8) is 0 Å². The van der Waals surface area contributed by atoms with Crippen molar-refractivity contribution in [3.05, 3.63) is 108 Å². The molecule has 0 radical (unpaired) electrons. The van der Waals surface area contributed by atoms with Gasteiger partial charge in [-0.3, -0.25) is 10.1 Å². The van der Waals surface area contributed by atoms with Crippen molar-refractivity contribution in [2.75, 3.05) is 5.32 Å². The molecule has 5 rings (SSSR count). The van der Waals surface area contributed by atoms with Crippen LogP contribution in [0.3, 0.4) is 0 Å². The number of rotatable bonds is 6. The van der Waals surface area contributed by atoms with E-state index in [1.165, 1.54) is 6.07 Å². The number of anilines is 1. The number of H-pyrrole nitrogens is 2. The molecule has 5 nitrogen and oxygen atoms in total. The number of fused-ring (bicyclic) bond motifs is 1. The van der Waals surface area contributed by atoms with Crippen molar-refractivity contribution in [1.29, 1.82) is 0 Å². The van der Waals surface area contributed by atoms with Crippen LogP contribution in [-0.2, 0) is 0 Å². The SMILES string of the molecule is C=C(/C=c1/c(-c2cc3c(-c4cccc(F)c4)cccc3[nH]2)n[nH]/c1=C/C)c1cncc(NC(=C)C(C)(C)C)c1. The normalized spacial score (nSPS) is 12.7. The number of hydrogen-bond donors (Lipinski definition) is 3. The Morgan fingerprint density at radius 2 is 1.82 bits per heavy atom. The number of halogens is 1. The van der Waals surface area contributed by atoms with Gasteiger partial charge in [-0.1, -0.05) is 64.3 Å². The van der Waals surface area contributed by atoms with Gasteiger partial charge in [-0.2, -0.15) is 5.10 Å². The van der Waals surface area contributed by atoms with Crippen LogP contribution < -0.4 is 15.9 Å². The van der Waals surface area contributed by atoms with Gasteiger partial charge in [-0.15, -0.1) is 0 Å². The van der Waals surface area contributed by atoms with E-state index in [1.54, 1.807) is 24.5 Å². The van der Waals surface area contributed by atoms with E-state index >= 15 is 0 Å². The fraction of sp³-hybridized carbons (Fsp3) is 0.152. The van der Waals surface area contributed by atoms with E-state index in [2.05, 4.69) is 65.5 Å². The topological polar surface area (TPSA) is 69.4 Å². The molecular formula is C33H32FN5. The lowest BCUT2D eigenvalue weighted by Gasteiger charge is -2.23. The van der Waals surface area contributed by atoms with Gasteiger partial charge in [-0.25, -0.2) is 4.39 Å². The number of pyridine rings is 1. The van der Waals surface area contributed by atoms with Gasteiger partial charge < -0.3 is 10.3 Å². The van der Waals surface area contributed by atoms with Crippen LogP contribution in [0.2, 0.25) is 0 Å². The Bertz CT molecular complexity index is 1830. The molecular weight excluding hydrogens is 485 g/mol. The van der Waals surface area contributed by atoms with Gasteiger partial charge in [0, 0.05) is 39.0 Å². The van der Waals surface area contributed by atoms with E-state index < -0.39 is 0 Å². The Hall–Kier alpha value is -4.71. The third-order valence-corrected chi connectivity index (χ3v) is 6.81. The molecule has 0 bridgehead atoms. The zero-order chi connectivity index (χ0) is 27.7. The van der Waals surface area contributed by atoms with E-state index in [-0.39, 0.29) is 11.2 Å². The Kier molecular flexibility index (Phi) is 6.79. The molecule has 0 saturated carbocycles. The van der Waals surface area contributed by atoms with Gasteiger partial charge in [0.1, 0.15) is 11.5 Å². The van der Waals surface area contributed by atoms with Crippen molar-refractivity contribution in [2.24, 2.45) is 5.41 Å². The number of hydrogen-bond acceptors (Lipinski definition) is 3. The first-order valence-electron chi connectivity index (χ1n) is 12.9. The molecule has 3 N–H and O–H groups in total. The fourth-order valence-electron chi connectivity index (χ4n) is 4.43. The van der Waals surface area contributed by atoms with Crippen molar-refractivity contribution in [1.82, 2.24) is 20.2 Å². The summed E-state index contributed by atoms with van der Waals surface area (Å²) in [5, 5.41) is 14.0. The summed E-state index contributed by atoms with van der Waals surface area (Å²) in [6.45, 7) is 16.8. The smallest absolute Gasteiger partial charge is 0.123 e. The number of aromatic nitrogens is 4. The summed E-state index contributed by atoms with van der Waals surface area (Å²) in [5.41, 5.74) is 7.73. The first kappa shape index (κ1) is 25.9. The predicted molar refractivity (Wildman–Crippen MR) is 161 cm³/mol. The van der Waals surface area contributed by atoms with E-state index in [0.717, 1.165) is 66.5 Å². The number of allylic oxidation sites excluding steroid dienone is 2. The molecule has 0 saturated heterocycles. The van der Waals surface area contributed by atoms with Gasteiger partial charge in [-0.05, 0) is 60.0 Å². The van der Waals surface area contributed by atoms with Crippen molar-refractivity contribution >= 4 is 34.3 Å². The summed E-state index contributed by atoms with van der Waals surface area (Å²) in [5.74, 6) is -0.262. The highest BCUT2D eigenvalue weighted by molar-refractivity contribution is 5.98. The number of aromatic amines is 2. The third-order valence-electron chi connectivity index (χ3n) is 6.81. The molecule has 0 fully saturated rings. The first-order valence-corrected chi connectivity index (χ1v) is 12.9. The zero-order valence-electron chi connectivity index (χ0n) is 22.7. The molecule has 3 aromatic heterocycles. The van der Waals surface area contributed by atoms with E-state index in [4.69, 9.17) is 0 Å². The first-order chi connectivity index (χ1) is 18.6. The molecule has 39 heavy (non-hydrogen) atoms. The van der Waals surface area contributed by atoms with Gasteiger partial charge in [0.15, 0.2) is 0 Å². The second-order valence-electron chi connectivity index (χ2n) is 10.6. The van der Waals surface area contributed by atoms with Gasteiger partial charge >= 0.3 is 0 Å². The number of nitrogens with zero attached hydrogens (tertiary/aromatic N) is 2. The summed E-state index contributed by atoms with van der Waals surface area (Å²) < 4.78 is 14.0. The highest BCUT2D eigenvalue weighted by Gasteiger charge is 2.16. The summed E-state index contributed by atoms with van der Waals surface area (Å²) >= 11 is 0. The molecule has 0 aliphatic carbocycles. The van der Waals surface area contributed by atoms with Crippen LogP contribution in [0.15, 0.2) is 85.8 Å². The highest BCUT2D eigenvalue weighted by Crippen LogP contribution is 2.32. The molecule has 6 heteroatoms. The average molecular weight is 518 g/mol. The number of benzene rings is 2. The van der Waals surface area contributed by atoms with Gasteiger partial charge in [0.2, 0.25) is 0 Å². The molecule has 196 valence electrons. The Balaban J connectivity index is 1.56. The second-order valence-corrected chi connectivity index (χ2v) is 10.6. The van der Waals surface area contributed by atoms with Crippen LogP contribution in [-0.4, -0.2) is 20.2 Å². The monoisotopic (exact) mass is 517 g/mol. The van der Waals surface area contributed by atoms with E-state index in [0.29, 0.717) is 0 Å². The van der Waals surface area contributed by atoms with Gasteiger partial charge in [0.25, 0.3) is 0 Å². The standard InChI is InChI=1S/C33H32FN5/c1-7-29-28(14-20(2)23-16-25(19-35-18-23)36-21(3)33(4,5)6)32(39-38-29)31-17-27-26(12-9-13-30(27)37-31)22-10-8-11-24(34)15-22/h7-19,36-38H,2-3H2,1,4-6H3/b28-14+,29-7+. The minimum absolute atomic E-state index is 0.0786. The molecule has 0 amide bonds. The summed E-state index contributed by atoms with van der Waals surface area (Å²) in [4.78, 5) is 7.92. The minimum atomic E-state index is -0.262. The predicted octanol–water partition coefficient (Wildman–Crippen LogP) is 7.03. The Morgan fingerprint density at radius 3 is 2.56 bits per heavy atom. The molecule has 2 aromatic carbocycles. The lowest BCUT2D eigenvalue weighted by Crippen LogP contribution is -2.23. The maximum absolute atomic E-state index is 14.0. The van der Waals surface area contributed by atoms with Crippen molar-refractivity contribution in [2.45, 2.75) is 27.7 Å². The Labute approximate surface area is 227 Å². The molecule has 0 aliphatic heterocycles. The van der Waals surface area contributed by atoms with Crippen LogP contribution in [0.4, 0.5) is 10.1 Å². The molecule has 0 unspecified atom stereocenters. The van der Waals surface area contributed by atoms with Gasteiger partial charge in [0.05, 0.1) is 22.9 Å². The summed E-state index contributed by atoms with van der Waals surface area (Å²) in [6, 6.07) is 16.7. The molecule has 0 spiro atoms. The lowest BCUT2D eigenvalue weighted by atomic mass is 9.93. The highest BCUT2D eigenvalue weighted by atomic mass is 19.1. The second kappa shape index (κ2) is 10.2. The average Bonchev–Trinajstić information content (AvgIpc) is 3.51. The van der Waals surface area contributed by atoms with Crippen LogP contribution in [0.1, 0.15) is 33.3 Å². The van der Waals surface area contributed by atoms with E-state index in [1.807, 2.05) is 49.4 Å². The fourth-order valence-corrected chi connectivity index (χ4v) is 4.43. The third kappa shape index (κ3) is 5.32. The van der Waals surface area contributed by atoms with Crippen molar-refractivity contribution < 1.29 is 4.39 Å². The van der Waals surface area contributed by atoms with Crippen LogP contribution in [0.25, 0.3) is 51.1 Å². The molecule has 0 aliphatic rings. The molecule has 3 heterocycles. The maximum Gasteiger partial charge on any atom is 0.123 e. The van der Waals surface area contributed by atoms with Crippen molar-refractivity contribution in [3.8, 4) is 22.5 Å². The molecule has 0 atom stereocenters. The zero-order valence-corrected chi connectivity index (χ0v) is 22.7. The maximum atomic E-state index is 14.0. The largest absolute Gasteiger partial charge is 0.358 e. The lowest BCUT2D eigenvalue weighted by molar-refractivity contribution is 0.509. The van der Waals surface area contributed by atoms with Crippen LogP contribution in [0.5, 0.6) is 0 Å². The van der Waals surface area contributed by atoms with E-state index in [9.17, 15) is 4.39 Å².